The molecule has 0 atom stereocenters. The molecule has 0 saturated heterocycles. The highest BCUT2D eigenvalue weighted by molar-refractivity contribution is 7.19. The van der Waals surface area contributed by atoms with Gasteiger partial charge in [0.2, 0.25) is 0 Å². The first-order chi connectivity index (χ1) is 6.74. The monoisotopic (exact) mass is 224 g/mol. The van der Waals surface area contributed by atoms with Crippen molar-refractivity contribution < 1.29 is 4.74 Å². The maximum Gasteiger partial charge on any atom is 0.195 e. The highest BCUT2D eigenvalue weighted by Gasteiger charge is 2.08. The lowest BCUT2D eigenvalue weighted by molar-refractivity contribution is 0.415. The number of hydrogen-bond donors (Lipinski definition) is 0. The molecule has 0 N–H and O–H groups in total. The fourth-order valence-electron chi connectivity index (χ4n) is 1.13. The summed E-state index contributed by atoms with van der Waals surface area (Å²) in [7, 11) is 1.57. The zero-order valence-corrected chi connectivity index (χ0v) is 8.82. The molecule has 70 valence electrons. The standard InChI is InChI=1S/C9H5ClN2OS/c1-13-5-2-6(10)9-7(3-5)14-8(4-11)12-9/h2-3H,1H3. The van der Waals surface area contributed by atoms with Gasteiger partial charge in [0.1, 0.15) is 17.3 Å². The van der Waals surface area contributed by atoms with Gasteiger partial charge < -0.3 is 4.74 Å². The first kappa shape index (κ1) is 9.25. The zero-order valence-electron chi connectivity index (χ0n) is 7.24. The molecule has 2 rings (SSSR count). The number of halogens is 1. The molecule has 2 aromatic rings. The van der Waals surface area contributed by atoms with Gasteiger partial charge in [-0.3, -0.25) is 0 Å². The van der Waals surface area contributed by atoms with Gasteiger partial charge in [-0.05, 0) is 6.07 Å². The van der Waals surface area contributed by atoms with Crippen LogP contribution in [0, 0.1) is 11.3 Å². The highest BCUT2D eigenvalue weighted by atomic mass is 35.5. The number of nitriles is 1. The summed E-state index contributed by atoms with van der Waals surface area (Å²) in [5.41, 5.74) is 0.661. The lowest BCUT2D eigenvalue weighted by Gasteiger charge is -1.99. The summed E-state index contributed by atoms with van der Waals surface area (Å²) < 4.78 is 5.92. The Balaban J connectivity index is 2.75. The van der Waals surface area contributed by atoms with Crippen LogP contribution in [0.1, 0.15) is 5.01 Å². The van der Waals surface area contributed by atoms with E-state index in [1.165, 1.54) is 11.3 Å². The third-order valence-corrected chi connectivity index (χ3v) is 2.95. The lowest BCUT2D eigenvalue weighted by atomic mass is 10.3. The predicted molar refractivity (Wildman–Crippen MR) is 55.9 cm³/mol. The molecule has 5 heteroatoms. The van der Waals surface area contributed by atoms with Crippen LogP contribution < -0.4 is 4.74 Å². The maximum absolute atomic E-state index is 8.68. The van der Waals surface area contributed by atoms with Gasteiger partial charge in [-0.1, -0.05) is 11.6 Å². The van der Waals surface area contributed by atoms with Crippen LogP contribution in [0.3, 0.4) is 0 Å². The van der Waals surface area contributed by atoms with Crippen molar-refractivity contribution in [3.8, 4) is 11.8 Å². The van der Waals surface area contributed by atoms with E-state index in [0.717, 1.165) is 4.70 Å². The molecule has 0 amide bonds. The summed E-state index contributed by atoms with van der Waals surface area (Å²) in [4.78, 5) is 4.08. The molecular formula is C9H5ClN2OS. The smallest absolute Gasteiger partial charge is 0.195 e. The molecule has 1 aromatic carbocycles. The topological polar surface area (TPSA) is 45.9 Å². The number of fused-ring (bicyclic) bond motifs is 1. The molecule has 3 nitrogen and oxygen atoms in total. The summed E-state index contributed by atoms with van der Waals surface area (Å²) in [6.07, 6.45) is 0. The molecule has 0 aliphatic carbocycles. The normalized spacial score (nSPS) is 10.1. The highest BCUT2D eigenvalue weighted by Crippen LogP contribution is 2.32. The number of rotatable bonds is 1. The lowest BCUT2D eigenvalue weighted by Crippen LogP contribution is -1.82. The summed E-state index contributed by atoms with van der Waals surface area (Å²) in [5, 5.41) is 9.60. The minimum atomic E-state index is 0.412. The van der Waals surface area contributed by atoms with Crippen LogP contribution in [0.15, 0.2) is 12.1 Å². The molecule has 14 heavy (non-hydrogen) atoms. The van der Waals surface area contributed by atoms with Gasteiger partial charge in [0, 0.05) is 6.07 Å². The first-order valence-corrected chi connectivity index (χ1v) is 4.98. The Hall–Kier alpha value is -1.31. The van der Waals surface area contributed by atoms with Gasteiger partial charge in [0.05, 0.1) is 16.8 Å². The van der Waals surface area contributed by atoms with E-state index in [9.17, 15) is 0 Å². The fourth-order valence-corrected chi connectivity index (χ4v) is 2.26. The fraction of sp³-hybridized carbons (Fsp3) is 0.111. The van der Waals surface area contributed by atoms with Crippen molar-refractivity contribution in [2.24, 2.45) is 0 Å². The summed E-state index contributed by atoms with van der Waals surface area (Å²) in [6, 6.07) is 5.49. The van der Waals surface area contributed by atoms with Gasteiger partial charge in [0.25, 0.3) is 0 Å². The van der Waals surface area contributed by atoms with Gasteiger partial charge in [-0.15, -0.1) is 11.3 Å². The average molecular weight is 225 g/mol. The Labute approximate surface area is 89.5 Å². The van der Waals surface area contributed by atoms with E-state index >= 15 is 0 Å². The Morgan fingerprint density at radius 3 is 3.00 bits per heavy atom. The molecule has 0 radical (unpaired) electrons. The second-order valence-corrected chi connectivity index (χ2v) is 4.02. The van der Waals surface area contributed by atoms with E-state index in [-0.39, 0.29) is 0 Å². The minimum Gasteiger partial charge on any atom is -0.497 e. The van der Waals surface area contributed by atoms with E-state index < -0.39 is 0 Å². The van der Waals surface area contributed by atoms with Crippen LogP contribution in [0.25, 0.3) is 10.2 Å². The quantitative estimate of drug-likeness (QED) is 0.748. The number of hydrogen-bond acceptors (Lipinski definition) is 4. The van der Waals surface area contributed by atoms with Crippen molar-refractivity contribution in [1.82, 2.24) is 4.98 Å². The second-order valence-electron chi connectivity index (χ2n) is 2.59. The van der Waals surface area contributed by atoms with Crippen LogP contribution in [-0.4, -0.2) is 12.1 Å². The molecule has 0 fully saturated rings. The SMILES string of the molecule is COc1cc(Cl)c2nc(C#N)sc2c1. The van der Waals surface area contributed by atoms with E-state index in [1.807, 2.05) is 12.1 Å². The molecule has 1 heterocycles. The van der Waals surface area contributed by atoms with Crippen LogP contribution in [0.4, 0.5) is 0 Å². The number of methoxy groups -OCH3 is 1. The number of benzene rings is 1. The van der Waals surface area contributed by atoms with Crippen molar-refractivity contribution in [2.45, 2.75) is 0 Å². The van der Waals surface area contributed by atoms with Crippen molar-refractivity contribution in [1.29, 1.82) is 5.26 Å². The predicted octanol–water partition coefficient (Wildman–Crippen LogP) is 2.83. The van der Waals surface area contributed by atoms with Crippen LogP contribution in [0.2, 0.25) is 5.02 Å². The van der Waals surface area contributed by atoms with Crippen molar-refractivity contribution in [3.63, 3.8) is 0 Å². The number of nitrogens with zero attached hydrogens (tertiary/aromatic N) is 2. The van der Waals surface area contributed by atoms with Crippen LogP contribution >= 0.6 is 22.9 Å². The first-order valence-electron chi connectivity index (χ1n) is 3.79. The third-order valence-electron chi connectivity index (χ3n) is 1.75. The van der Waals surface area contributed by atoms with Crippen molar-refractivity contribution >= 4 is 33.2 Å². The molecule has 0 bridgehead atoms. The van der Waals surface area contributed by atoms with Gasteiger partial charge in [-0.25, -0.2) is 4.98 Å². The van der Waals surface area contributed by atoms with Gasteiger partial charge >= 0.3 is 0 Å². The maximum atomic E-state index is 8.68. The minimum absolute atomic E-state index is 0.412. The number of ether oxygens (including phenoxy) is 1. The zero-order chi connectivity index (χ0) is 10.1. The number of aromatic nitrogens is 1. The Morgan fingerprint density at radius 1 is 1.57 bits per heavy atom. The molecule has 0 aliphatic rings. The molecule has 0 saturated carbocycles. The molecular weight excluding hydrogens is 220 g/mol. The summed E-state index contributed by atoms with van der Waals surface area (Å²) in [6.45, 7) is 0. The Bertz CT molecular complexity index is 529. The Morgan fingerprint density at radius 2 is 2.36 bits per heavy atom. The van der Waals surface area contributed by atoms with Crippen LogP contribution in [0.5, 0.6) is 5.75 Å². The molecule has 0 aliphatic heterocycles. The van der Waals surface area contributed by atoms with Gasteiger partial charge in [-0.2, -0.15) is 5.26 Å². The second kappa shape index (κ2) is 3.45. The van der Waals surface area contributed by atoms with Gasteiger partial charge in [0.15, 0.2) is 5.01 Å². The molecule has 0 unspecified atom stereocenters. The van der Waals surface area contributed by atoms with Crippen molar-refractivity contribution in [2.75, 3.05) is 7.11 Å². The molecule has 1 aromatic heterocycles. The number of thiazole rings is 1. The van der Waals surface area contributed by atoms with E-state index in [1.54, 1.807) is 13.2 Å². The summed E-state index contributed by atoms with van der Waals surface area (Å²) >= 11 is 7.27. The van der Waals surface area contributed by atoms with E-state index in [0.29, 0.717) is 21.3 Å². The largest absolute Gasteiger partial charge is 0.497 e. The molecule has 0 spiro atoms. The van der Waals surface area contributed by atoms with E-state index in [4.69, 9.17) is 21.6 Å². The van der Waals surface area contributed by atoms with Crippen molar-refractivity contribution in [3.05, 3.63) is 22.2 Å². The average Bonchev–Trinajstić information content (AvgIpc) is 2.61. The Kier molecular flexibility index (Phi) is 2.28. The third kappa shape index (κ3) is 1.41. The van der Waals surface area contributed by atoms with Crippen LogP contribution in [-0.2, 0) is 0 Å². The van der Waals surface area contributed by atoms with E-state index in [2.05, 4.69) is 4.98 Å². The summed E-state index contributed by atoms with van der Waals surface area (Å²) in [5.74, 6) is 0.677.